The average molecular weight is 712 g/mol. The van der Waals surface area contributed by atoms with E-state index in [1.54, 1.807) is 24.3 Å². The Morgan fingerprint density at radius 3 is 2.18 bits per heavy atom. The lowest BCUT2D eigenvalue weighted by atomic mass is 10.1. The molecule has 240 valence electrons. The van der Waals surface area contributed by atoms with Crippen LogP contribution in [0.3, 0.4) is 0 Å². The third kappa shape index (κ3) is 10.8. The molecule has 0 aliphatic heterocycles. The van der Waals surface area contributed by atoms with Gasteiger partial charge >= 0.3 is 5.51 Å². The summed E-state index contributed by atoms with van der Waals surface area (Å²) in [7, 11) is -4.16. The molecule has 1 N–H and O–H groups in total. The number of hydrogen-bond acceptors (Lipinski definition) is 5. The molecule has 0 aromatic heterocycles. The number of benzene rings is 3. The largest absolute Gasteiger partial charge is 0.446 e. The molecule has 1 unspecified atom stereocenters. The van der Waals surface area contributed by atoms with Gasteiger partial charge in [-0.05, 0) is 84.3 Å². The van der Waals surface area contributed by atoms with Gasteiger partial charge in [0.15, 0.2) is 0 Å². The number of amides is 1. The van der Waals surface area contributed by atoms with E-state index in [-0.39, 0.29) is 68.6 Å². The lowest BCUT2D eigenvalue weighted by Gasteiger charge is -2.30. The van der Waals surface area contributed by atoms with Crippen molar-refractivity contribution in [3.63, 3.8) is 0 Å². The quantitative estimate of drug-likeness (QED) is 0.143. The molecule has 0 bridgehead atoms. The molecule has 0 saturated carbocycles. The number of aliphatic hydroxyl groups is 1. The molecule has 0 aliphatic rings. The molecule has 0 saturated heterocycles. The van der Waals surface area contributed by atoms with Gasteiger partial charge in [0.1, 0.15) is 0 Å². The molecule has 44 heavy (non-hydrogen) atoms. The Morgan fingerprint density at radius 1 is 0.955 bits per heavy atom. The summed E-state index contributed by atoms with van der Waals surface area (Å²) < 4.78 is 67.2. The van der Waals surface area contributed by atoms with Crippen LogP contribution in [0.2, 0.25) is 10.0 Å². The summed E-state index contributed by atoms with van der Waals surface area (Å²) in [4.78, 5) is 14.9. The summed E-state index contributed by atoms with van der Waals surface area (Å²) in [6, 6.07) is 16.0. The zero-order valence-corrected chi connectivity index (χ0v) is 28.0. The number of carbonyl (C=O) groups is 1. The maximum Gasteiger partial charge on any atom is 0.446 e. The van der Waals surface area contributed by atoms with Crippen LogP contribution in [0.5, 0.6) is 0 Å². The van der Waals surface area contributed by atoms with E-state index in [9.17, 15) is 31.5 Å². The Kier molecular flexibility index (Phi) is 12.5. The highest BCUT2D eigenvalue weighted by Gasteiger charge is 2.33. The summed E-state index contributed by atoms with van der Waals surface area (Å²) in [5, 5.41) is 11.2. The highest BCUT2D eigenvalue weighted by molar-refractivity contribution is 8.00. The molecule has 6 nitrogen and oxygen atoms in total. The first-order chi connectivity index (χ1) is 20.4. The molecule has 0 heterocycles. The summed E-state index contributed by atoms with van der Waals surface area (Å²) in [5.41, 5.74) is -4.91. The van der Waals surface area contributed by atoms with Gasteiger partial charge < -0.3 is 10.0 Å². The van der Waals surface area contributed by atoms with Crippen LogP contribution < -0.4 is 0 Å². The molecular formula is C30H32Cl3F3N2O4S2. The molecule has 0 radical (unpaired) electrons. The van der Waals surface area contributed by atoms with Crippen molar-refractivity contribution in [3.8, 4) is 0 Å². The van der Waals surface area contributed by atoms with Gasteiger partial charge in [0.25, 0.3) is 5.91 Å². The van der Waals surface area contributed by atoms with Crippen molar-refractivity contribution in [1.82, 2.24) is 9.21 Å². The fraction of sp³-hybridized carbons (Fsp3) is 0.367. The van der Waals surface area contributed by atoms with Crippen molar-refractivity contribution >= 4 is 62.5 Å². The predicted octanol–water partition coefficient (Wildman–Crippen LogP) is 8.08. The Bertz CT molecular complexity index is 1570. The van der Waals surface area contributed by atoms with Gasteiger partial charge in [0.2, 0.25) is 10.0 Å². The van der Waals surface area contributed by atoms with Gasteiger partial charge in [-0.15, -0.1) is 11.6 Å². The molecule has 0 fully saturated rings. The summed E-state index contributed by atoms with van der Waals surface area (Å²) in [5.74, 6) is -0.667. The minimum atomic E-state index is -4.50. The second-order valence-corrected chi connectivity index (χ2v) is 15.2. The van der Waals surface area contributed by atoms with E-state index in [1.165, 1.54) is 54.3 Å². The number of halogens is 6. The maximum atomic E-state index is 13.7. The van der Waals surface area contributed by atoms with E-state index in [1.807, 2.05) is 13.8 Å². The monoisotopic (exact) mass is 710 g/mol. The zero-order valence-electron chi connectivity index (χ0n) is 24.1. The predicted molar refractivity (Wildman–Crippen MR) is 170 cm³/mol. The Balaban J connectivity index is 1.96. The van der Waals surface area contributed by atoms with Gasteiger partial charge in [-0.1, -0.05) is 55.2 Å². The van der Waals surface area contributed by atoms with E-state index in [0.29, 0.717) is 17.7 Å². The van der Waals surface area contributed by atoms with Crippen LogP contribution in [0.25, 0.3) is 0 Å². The molecule has 3 aromatic rings. The van der Waals surface area contributed by atoms with E-state index in [4.69, 9.17) is 34.8 Å². The summed E-state index contributed by atoms with van der Waals surface area (Å²) >= 11 is 18.1. The van der Waals surface area contributed by atoms with Crippen LogP contribution in [-0.4, -0.2) is 58.7 Å². The first-order valence-electron chi connectivity index (χ1n) is 13.4. The number of sulfonamides is 1. The molecule has 3 rings (SSSR count). The molecular weight excluding hydrogens is 680 g/mol. The summed E-state index contributed by atoms with van der Waals surface area (Å²) in [6.07, 6.45) is 0. The highest BCUT2D eigenvalue weighted by Crippen LogP contribution is 2.37. The second kappa shape index (κ2) is 15.1. The zero-order chi connectivity index (χ0) is 32.9. The Morgan fingerprint density at radius 2 is 1.59 bits per heavy atom. The van der Waals surface area contributed by atoms with Crippen molar-refractivity contribution in [2.24, 2.45) is 5.92 Å². The Hall–Kier alpha value is -1.99. The molecule has 0 aliphatic carbocycles. The molecule has 3 aromatic carbocycles. The number of rotatable bonds is 13. The fourth-order valence-electron chi connectivity index (χ4n) is 4.42. The number of nitrogens with zero attached hydrogens (tertiary/aromatic N) is 2. The number of carbonyl (C=O) groups excluding carboxylic acids is 1. The lowest BCUT2D eigenvalue weighted by Crippen LogP contribution is -2.44. The smallest absolute Gasteiger partial charge is 0.388 e. The molecule has 14 heteroatoms. The number of alkyl halides is 4. The topological polar surface area (TPSA) is 77.9 Å². The van der Waals surface area contributed by atoms with E-state index in [0.717, 1.165) is 4.31 Å². The van der Waals surface area contributed by atoms with Gasteiger partial charge in [-0.25, -0.2) is 8.42 Å². The van der Waals surface area contributed by atoms with Crippen molar-refractivity contribution in [1.29, 1.82) is 0 Å². The van der Waals surface area contributed by atoms with Gasteiger partial charge in [-0.2, -0.15) is 17.5 Å². The molecule has 1 amide bonds. The van der Waals surface area contributed by atoms with Crippen molar-refractivity contribution in [3.05, 3.63) is 93.5 Å². The SMILES string of the molecule is CC(C)CN(Cc1cc(Cl)cc(CN(CC(C)(O)CCl)S(=O)(=O)c2cccc(Cl)c2)c1)C(=O)c1cccc(SC(F)(F)F)c1. The minimum absolute atomic E-state index is 0.0291. The van der Waals surface area contributed by atoms with Crippen LogP contribution in [0, 0.1) is 5.92 Å². The van der Waals surface area contributed by atoms with E-state index in [2.05, 4.69) is 0 Å². The van der Waals surface area contributed by atoms with E-state index >= 15 is 0 Å². The average Bonchev–Trinajstić information content (AvgIpc) is 2.90. The van der Waals surface area contributed by atoms with Crippen LogP contribution in [0.1, 0.15) is 42.3 Å². The van der Waals surface area contributed by atoms with Crippen LogP contribution in [-0.2, 0) is 23.1 Å². The van der Waals surface area contributed by atoms with Gasteiger partial charge in [0, 0.05) is 46.7 Å². The van der Waals surface area contributed by atoms with Crippen molar-refractivity contribution < 1.29 is 31.5 Å². The molecule has 0 spiro atoms. The maximum absolute atomic E-state index is 13.7. The van der Waals surface area contributed by atoms with Crippen molar-refractivity contribution in [2.45, 2.75) is 54.8 Å². The normalized spacial score (nSPS) is 13.7. The Labute approximate surface area is 275 Å². The van der Waals surface area contributed by atoms with Crippen LogP contribution in [0.4, 0.5) is 13.2 Å². The minimum Gasteiger partial charge on any atom is -0.388 e. The third-order valence-corrected chi connectivity index (χ3v) is 9.71. The van der Waals surface area contributed by atoms with Crippen molar-refractivity contribution in [2.75, 3.05) is 19.0 Å². The van der Waals surface area contributed by atoms with Gasteiger partial charge in [-0.3, -0.25) is 4.79 Å². The third-order valence-electron chi connectivity index (χ3n) is 6.18. The fourth-order valence-corrected chi connectivity index (χ4v) is 7.23. The second-order valence-electron chi connectivity index (χ2n) is 11.0. The van der Waals surface area contributed by atoms with Crippen LogP contribution >= 0.6 is 46.6 Å². The number of hydrogen-bond donors (Lipinski definition) is 1. The first kappa shape index (κ1) is 36.5. The van der Waals surface area contributed by atoms with Crippen LogP contribution in [0.15, 0.2) is 76.5 Å². The highest BCUT2D eigenvalue weighted by atomic mass is 35.5. The first-order valence-corrected chi connectivity index (χ1v) is 16.9. The van der Waals surface area contributed by atoms with E-state index < -0.39 is 27.0 Å². The number of thioether (sulfide) groups is 1. The lowest BCUT2D eigenvalue weighted by molar-refractivity contribution is -0.0328. The molecule has 1 atom stereocenters. The standard InChI is InChI=1S/C30H32Cl3F3N2O4S2/c1-20(2)15-37(28(39)23-6-4-8-26(13-23)43-30(34,35)36)16-21-10-22(12-25(33)11-21)17-38(19-29(3,40)18-31)44(41,42)27-9-5-7-24(32)14-27/h4-14,20,40H,15-19H2,1-3H3. The van der Waals surface area contributed by atoms with Gasteiger partial charge in [0.05, 0.1) is 16.4 Å². The summed E-state index contributed by atoms with van der Waals surface area (Å²) in [6.45, 7) is 5.05.